The van der Waals surface area contributed by atoms with E-state index in [0.717, 1.165) is 5.69 Å². The van der Waals surface area contributed by atoms with Crippen molar-refractivity contribution in [3.63, 3.8) is 0 Å². The number of pyridine rings is 1. The molecule has 1 aromatic heterocycles. The summed E-state index contributed by atoms with van der Waals surface area (Å²) < 4.78 is 37.7. The highest BCUT2D eigenvalue weighted by atomic mass is 35.5. The maximum Gasteiger partial charge on any atom is 0.391 e. The molecule has 0 aliphatic heterocycles. The van der Waals surface area contributed by atoms with Crippen LogP contribution in [0.25, 0.3) is 0 Å². The number of hydrogen-bond donors (Lipinski definition) is 0. The third-order valence-electron chi connectivity index (χ3n) is 3.88. The van der Waals surface area contributed by atoms with Gasteiger partial charge in [-0.1, -0.05) is 6.07 Å². The van der Waals surface area contributed by atoms with Crippen molar-refractivity contribution in [2.45, 2.75) is 43.7 Å². The van der Waals surface area contributed by atoms with E-state index in [-0.39, 0.29) is 24.1 Å². The van der Waals surface area contributed by atoms with Crippen LogP contribution in [-0.4, -0.2) is 16.5 Å². The summed E-state index contributed by atoms with van der Waals surface area (Å²) >= 11 is 6.33. The summed E-state index contributed by atoms with van der Waals surface area (Å²) in [6.45, 7) is 0. The van der Waals surface area contributed by atoms with Crippen LogP contribution in [0.3, 0.4) is 0 Å². The number of rotatable bonds is 3. The second-order valence-corrected chi connectivity index (χ2v) is 5.76. The first-order chi connectivity index (χ1) is 8.97. The molecule has 1 nitrogen and oxygen atoms in total. The van der Waals surface area contributed by atoms with Crippen molar-refractivity contribution in [3.05, 3.63) is 30.1 Å². The van der Waals surface area contributed by atoms with Crippen LogP contribution < -0.4 is 0 Å². The van der Waals surface area contributed by atoms with E-state index in [0.29, 0.717) is 19.3 Å². The average molecular weight is 292 g/mol. The molecular formula is C14H17ClF3N. The molecule has 0 amide bonds. The van der Waals surface area contributed by atoms with Gasteiger partial charge in [-0.15, -0.1) is 11.6 Å². The molecular weight excluding hydrogens is 275 g/mol. The molecule has 1 saturated carbocycles. The number of hydrogen-bond acceptors (Lipinski definition) is 1. The van der Waals surface area contributed by atoms with Gasteiger partial charge in [0.05, 0.1) is 5.92 Å². The summed E-state index contributed by atoms with van der Waals surface area (Å²) in [7, 11) is 0. The Morgan fingerprint density at radius 2 is 1.89 bits per heavy atom. The lowest BCUT2D eigenvalue weighted by atomic mass is 9.79. The molecule has 1 aromatic rings. The molecule has 5 heteroatoms. The first-order valence-corrected chi connectivity index (χ1v) is 7.01. The first-order valence-electron chi connectivity index (χ1n) is 6.57. The van der Waals surface area contributed by atoms with E-state index in [1.165, 1.54) is 0 Å². The predicted octanol–water partition coefficient (Wildman–Crippen LogP) is 4.60. The monoisotopic (exact) mass is 291 g/mol. The maximum absolute atomic E-state index is 12.6. The zero-order chi connectivity index (χ0) is 13.9. The van der Waals surface area contributed by atoms with Crippen molar-refractivity contribution < 1.29 is 13.2 Å². The van der Waals surface area contributed by atoms with Gasteiger partial charge in [0.1, 0.15) is 0 Å². The Bertz CT molecular complexity index is 385. The van der Waals surface area contributed by atoms with Crippen LogP contribution in [0.2, 0.25) is 0 Å². The van der Waals surface area contributed by atoms with Gasteiger partial charge in [-0.05, 0) is 43.7 Å². The van der Waals surface area contributed by atoms with Crippen LogP contribution in [0.1, 0.15) is 31.4 Å². The van der Waals surface area contributed by atoms with Gasteiger partial charge in [0.15, 0.2) is 0 Å². The fourth-order valence-electron chi connectivity index (χ4n) is 2.69. The molecule has 1 fully saturated rings. The van der Waals surface area contributed by atoms with Crippen LogP contribution in [0.15, 0.2) is 24.4 Å². The molecule has 1 unspecified atom stereocenters. The molecule has 1 aliphatic rings. The molecule has 0 bridgehead atoms. The van der Waals surface area contributed by atoms with Crippen LogP contribution in [-0.2, 0) is 6.42 Å². The van der Waals surface area contributed by atoms with Gasteiger partial charge in [0.2, 0.25) is 0 Å². The largest absolute Gasteiger partial charge is 0.391 e. The van der Waals surface area contributed by atoms with Crippen LogP contribution >= 0.6 is 11.6 Å². The summed E-state index contributed by atoms with van der Waals surface area (Å²) in [4.78, 5) is 4.20. The highest BCUT2D eigenvalue weighted by molar-refractivity contribution is 6.20. The Kier molecular flexibility index (Phi) is 4.71. The molecule has 1 aliphatic carbocycles. The molecule has 0 aromatic carbocycles. The Labute approximate surface area is 116 Å². The molecule has 0 saturated heterocycles. The Morgan fingerprint density at radius 1 is 1.21 bits per heavy atom. The Hall–Kier alpha value is -0.770. The minimum Gasteiger partial charge on any atom is -0.261 e. The van der Waals surface area contributed by atoms with Gasteiger partial charge >= 0.3 is 6.18 Å². The van der Waals surface area contributed by atoms with Crippen molar-refractivity contribution in [1.82, 2.24) is 4.98 Å². The minimum absolute atomic E-state index is 0.121. The molecule has 106 valence electrons. The van der Waals surface area contributed by atoms with E-state index < -0.39 is 12.1 Å². The quantitative estimate of drug-likeness (QED) is 0.742. The van der Waals surface area contributed by atoms with Gasteiger partial charge in [-0.2, -0.15) is 13.2 Å². The fraction of sp³-hybridized carbons (Fsp3) is 0.643. The lowest BCUT2D eigenvalue weighted by Gasteiger charge is -2.32. The second kappa shape index (κ2) is 6.12. The molecule has 1 atom stereocenters. The predicted molar refractivity (Wildman–Crippen MR) is 69.1 cm³/mol. The Balaban J connectivity index is 1.84. The normalized spacial score (nSPS) is 26.1. The van der Waals surface area contributed by atoms with Gasteiger partial charge in [-0.25, -0.2) is 0 Å². The van der Waals surface area contributed by atoms with Crippen molar-refractivity contribution >= 4 is 11.6 Å². The zero-order valence-electron chi connectivity index (χ0n) is 10.5. The number of aromatic nitrogens is 1. The Morgan fingerprint density at radius 3 is 2.42 bits per heavy atom. The second-order valence-electron chi connectivity index (χ2n) is 5.19. The van der Waals surface area contributed by atoms with Crippen LogP contribution in [0, 0.1) is 11.8 Å². The summed E-state index contributed by atoms with van der Waals surface area (Å²) in [6, 6.07) is 5.63. The maximum atomic E-state index is 12.6. The van der Waals surface area contributed by atoms with E-state index in [2.05, 4.69) is 4.98 Å². The van der Waals surface area contributed by atoms with E-state index in [9.17, 15) is 13.2 Å². The van der Waals surface area contributed by atoms with Gasteiger partial charge in [-0.3, -0.25) is 4.98 Å². The minimum atomic E-state index is -4.05. The topological polar surface area (TPSA) is 12.9 Å². The van der Waals surface area contributed by atoms with Gasteiger partial charge < -0.3 is 0 Å². The van der Waals surface area contributed by atoms with Crippen LogP contribution in [0.4, 0.5) is 13.2 Å². The highest BCUT2D eigenvalue weighted by Crippen LogP contribution is 2.41. The summed E-state index contributed by atoms with van der Waals surface area (Å²) in [5.74, 6) is -0.968. The standard InChI is InChI=1S/C14H17ClF3N/c15-13(9-12-3-1-2-8-19-12)10-4-6-11(7-5-10)14(16,17)18/h1-3,8,10-11,13H,4-7,9H2. The van der Waals surface area contributed by atoms with Crippen molar-refractivity contribution in [2.75, 3.05) is 0 Å². The number of nitrogens with zero attached hydrogens (tertiary/aromatic N) is 1. The van der Waals surface area contributed by atoms with Gasteiger partial charge in [0, 0.05) is 23.7 Å². The van der Waals surface area contributed by atoms with E-state index >= 15 is 0 Å². The molecule has 0 spiro atoms. The third kappa shape index (κ3) is 4.10. The van der Waals surface area contributed by atoms with E-state index in [1.54, 1.807) is 6.20 Å². The lowest BCUT2D eigenvalue weighted by Crippen LogP contribution is -2.31. The average Bonchev–Trinajstić information content (AvgIpc) is 2.39. The highest BCUT2D eigenvalue weighted by Gasteiger charge is 2.42. The molecule has 19 heavy (non-hydrogen) atoms. The van der Waals surface area contributed by atoms with Gasteiger partial charge in [0.25, 0.3) is 0 Å². The zero-order valence-corrected chi connectivity index (χ0v) is 11.3. The molecule has 0 N–H and O–H groups in total. The number of alkyl halides is 4. The fourth-order valence-corrected chi connectivity index (χ4v) is 3.10. The van der Waals surface area contributed by atoms with Crippen LogP contribution in [0.5, 0.6) is 0 Å². The van der Waals surface area contributed by atoms with Crippen molar-refractivity contribution in [2.24, 2.45) is 11.8 Å². The van der Waals surface area contributed by atoms with Crippen molar-refractivity contribution in [3.8, 4) is 0 Å². The summed E-state index contributed by atoms with van der Waals surface area (Å²) in [6.07, 6.45) is -0.174. The summed E-state index contributed by atoms with van der Waals surface area (Å²) in [5.41, 5.74) is 0.903. The third-order valence-corrected chi connectivity index (χ3v) is 4.39. The molecule has 1 heterocycles. The molecule has 0 radical (unpaired) electrons. The number of halogens is 4. The molecule has 2 rings (SSSR count). The van der Waals surface area contributed by atoms with E-state index in [1.807, 2.05) is 18.2 Å². The lowest BCUT2D eigenvalue weighted by molar-refractivity contribution is -0.183. The summed E-state index contributed by atoms with van der Waals surface area (Å²) in [5, 5.41) is -0.121. The van der Waals surface area contributed by atoms with E-state index in [4.69, 9.17) is 11.6 Å². The van der Waals surface area contributed by atoms with Crippen molar-refractivity contribution in [1.29, 1.82) is 0 Å². The first kappa shape index (κ1) is 14.6. The SMILES string of the molecule is FC(F)(F)C1CCC(C(Cl)Cc2ccccn2)CC1. The smallest absolute Gasteiger partial charge is 0.261 e.